The van der Waals surface area contributed by atoms with E-state index in [-0.39, 0.29) is 18.5 Å². The Kier molecular flexibility index (Phi) is 3.03. The molecule has 3 N–H and O–H groups in total. The normalized spacial score (nSPS) is 17.1. The SMILES string of the molecule is COC(=O)C1(Nc2nc(Cl)ncc2N)COC1. The first-order chi connectivity index (χ1) is 8.07. The number of hydrogen-bond donors (Lipinski definition) is 2. The minimum atomic E-state index is -0.944. The van der Waals surface area contributed by atoms with E-state index in [1.54, 1.807) is 0 Å². The summed E-state index contributed by atoms with van der Waals surface area (Å²) in [6.45, 7) is 0.390. The minimum Gasteiger partial charge on any atom is -0.467 e. The molecule has 0 unspecified atom stereocenters. The van der Waals surface area contributed by atoms with Crippen LogP contribution in [0.4, 0.5) is 11.5 Å². The maximum Gasteiger partial charge on any atom is 0.336 e. The van der Waals surface area contributed by atoms with E-state index in [9.17, 15) is 4.79 Å². The number of nitrogens with zero attached hydrogens (tertiary/aromatic N) is 2. The summed E-state index contributed by atoms with van der Waals surface area (Å²) in [6, 6.07) is 0. The van der Waals surface area contributed by atoms with Crippen LogP contribution in [0.5, 0.6) is 0 Å². The molecule has 0 saturated carbocycles. The molecular weight excluding hydrogens is 248 g/mol. The Bertz CT molecular complexity index is 450. The van der Waals surface area contributed by atoms with Crippen LogP contribution in [-0.4, -0.2) is 41.8 Å². The molecule has 1 aliphatic heterocycles. The van der Waals surface area contributed by atoms with Crippen LogP contribution in [0.1, 0.15) is 0 Å². The van der Waals surface area contributed by atoms with Crippen molar-refractivity contribution in [2.75, 3.05) is 31.4 Å². The van der Waals surface area contributed by atoms with Gasteiger partial charge in [-0.05, 0) is 11.6 Å². The zero-order valence-electron chi connectivity index (χ0n) is 9.07. The molecule has 0 bridgehead atoms. The standard InChI is InChI=1S/C9H11ClN4O3/c1-16-7(15)9(3-17-4-9)14-6-5(11)2-12-8(10)13-6/h2H,3-4,11H2,1H3,(H,12,13,14). The Morgan fingerprint density at radius 1 is 1.71 bits per heavy atom. The second-order valence-corrected chi connectivity index (χ2v) is 3.97. The van der Waals surface area contributed by atoms with Crippen LogP contribution in [0.15, 0.2) is 6.20 Å². The molecule has 17 heavy (non-hydrogen) atoms. The van der Waals surface area contributed by atoms with Crippen LogP contribution < -0.4 is 11.1 Å². The van der Waals surface area contributed by atoms with E-state index in [0.29, 0.717) is 11.5 Å². The molecule has 0 spiro atoms. The topological polar surface area (TPSA) is 99.4 Å². The summed E-state index contributed by atoms with van der Waals surface area (Å²) in [7, 11) is 1.31. The molecule has 0 aromatic carbocycles. The molecule has 0 atom stereocenters. The minimum absolute atomic E-state index is 0.0435. The van der Waals surface area contributed by atoms with Crippen LogP contribution in [0, 0.1) is 0 Å². The van der Waals surface area contributed by atoms with Gasteiger partial charge in [-0.15, -0.1) is 0 Å². The fraction of sp³-hybridized carbons (Fsp3) is 0.444. The van der Waals surface area contributed by atoms with E-state index >= 15 is 0 Å². The van der Waals surface area contributed by atoms with Gasteiger partial charge in [0.2, 0.25) is 5.28 Å². The van der Waals surface area contributed by atoms with Crippen LogP contribution in [-0.2, 0) is 14.3 Å². The summed E-state index contributed by atoms with van der Waals surface area (Å²) in [5, 5.41) is 2.94. The molecule has 7 nitrogen and oxygen atoms in total. The van der Waals surface area contributed by atoms with Crippen molar-refractivity contribution in [3.05, 3.63) is 11.5 Å². The van der Waals surface area contributed by atoms with Gasteiger partial charge in [-0.3, -0.25) is 0 Å². The van der Waals surface area contributed by atoms with Crippen LogP contribution in [0.2, 0.25) is 5.28 Å². The lowest BCUT2D eigenvalue weighted by Gasteiger charge is -2.39. The lowest BCUT2D eigenvalue weighted by atomic mass is 9.97. The molecule has 8 heteroatoms. The number of halogens is 1. The summed E-state index contributed by atoms with van der Waals surface area (Å²) in [4.78, 5) is 19.3. The highest BCUT2D eigenvalue weighted by molar-refractivity contribution is 6.28. The van der Waals surface area contributed by atoms with Gasteiger partial charge in [0, 0.05) is 0 Å². The Morgan fingerprint density at radius 2 is 2.41 bits per heavy atom. The number of nitrogens with one attached hydrogen (secondary N) is 1. The Hall–Kier alpha value is -1.60. The van der Waals surface area contributed by atoms with Crippen molar-refractivity contribution < 1.29 is 14.3 Å². The van der Waals surface area contributed by atoms with Crippen molar-refractivity contribution in [3.8, 4) is 0 Å². The summed E-state index contributed by atoms with van der Waals surface area (Å²) in [5.74, 6) is -0.142. The van der Waals surface area contributed by atoms with Crippen molar-refractivity contribution in [3.63, 3.8) is 0 Å². The first-order valence-electron chi connectivity index (χ1n) is 4.80. The molecule has 1 fully saturated rings. The predicted molar refractivity (Wildman–Crippen MR) is 60.6 cm³/mol. The van der Waals surface area contributed by atoms with E-state index in [1.807, 2.05) is 0 Å². The largest absolute Gasteiger partial charge is 0.467 e. The number of aromatic nitrogens is 2. The number of hydrogen-bond acceptors (Lipinski definition) is 7. The first-order valence-corrected chi connectivity index (χ1v) is 5.17. The van der Waals surface area contributed by atoms with Gasteiger partial charge in [-0.2, -0.15) is 4.98 Å². The lowest BCUT2D eigenvalue weighted by molar-refractivity contribution is -0.161. The number of rotatable bonds is 3. The van der Waals surface area contributed by atoms with Crippen molar-refractivity contribution in [2.45, 2.75) is 5.54 Å². The molecule has 1 aromatic heterocycles. The third-order valence-corrected chi connectivity index (χ3v) is 2.60. The average molecular weight is 259 g/mol. The maximum atomic E-state index is 11.6. The van der Waals surface area contributed by atoms with Crippen molar-refractivity contribution in [1.29, 1.82) is 0 Å². The van der Waals surface area contributed by atoms with E-state index in [2.05, 4.69) is 15.3 Å². The molecule has 2 rings (SSSR count). The number of carbonyl (C=O) groups is 1. The molecule has 0 aliphatic carbocycles. The van der Waals surface area contributed by atoms with Gasteiger partial charge in [0.05, 0.1) is 32.2 Å². The highest BCUT2D eigenvalue weighted by Crippen LogP contribution is 2.27. The lowest BCUT2D eigenvalue weighted by Crippen LogP contribution is -2.62. The number of ether oxygens (including phenoxy) is 2. The van der Waals surface area contributed by atoms with Gasteiger partial charge in [0.15, 0.2) is 11.4 Å². The number of nitrogen functional groups attached to an aromatic ring is 1. The highest BCUT2D eigenvalue weighted by atomic mass is 35.5. The van der Waals surface area contributed by atoms with Gasteiger partial charge in [-0.1, -0.05) is 0 Å². The molecule has 2 heterocycles. The summed E-state index contributed by atoms with van der Waals surface area (Å²) in [5.41, 5.74) is 5.03. The predicted octanol–water partition coefficient (Wildman–Crippen LogP) is 0.0661. The third kappa shape index (κ3) is 2.11. The number of nitrogens with two attached hydrogens (primary N) is 1. The van der Waals surface area contributed by atoms with E-state index in [4.69, 9.17) is 26.8 Å². The van der Waals surface area contributed by atoms with Gasteiger partial charge >= 0.3 is 5.97 Å². The number of carbonyl (C=O) groups excluding carboxylic acids is 1. The number of anilines is 2. The van der Waals surface area contributed by atoms with Crippen LogP contribution in [0.25, 0.3) is 0 Å². The van der Waals surface area contributed by atoms with E-state index in [1.165, 1.54) is 13.3 Å². The average Bonchev–Trinajstić information content (AvgIpc) is 2.27. The highest BCUT2D eigenvalue weighted by Gasteiger charge is 2.48. The number of esters is 1. The number of methoxy groups -OCH3 is 1. The molecular formula is C9H11ClN4O3. The molecule has 0 amide bonds. The van der Waals surface area contributed by atoms with Gasteiger partial charge in [-0.25, -0.2) is 9.78 Å². The molecule has 92 valence electrons. The summed E-state index contributed by atoms with van der Waals surface area (Å²) < 4.78 is 9.72. The quantitative estimate of drug-likeness (QED) is 0.584. The van der Waals surface area contributed by atoms with Gasteiger partial charge in [0.1, 0.15) is 0 Å². The monoisotopic (exact) mass is 258 g/mol. The zero-order valence-corrected chi connectivity index (χ0v) is 9.82. The maximum absolute atomic E-state index is 11.6. The summed E-state index contributed by atoms with van der Waals surface area (Å²) >= 11 is 5.66. The van der Waals surface area contributed by atoms with Crippen molar-refractivity contribution in [1.82, 2.24) is 9.97 Å². The Morgan fingerprint density at radius 3 is 2.94 bits per heavy atom. The molecule has 1 aliphatic rings. The Balaban J connectivity index is 2.24. The zero-order chi connectivity index (χ0) is 12.5. The first kappa shape index (κ1) is 11.9. The smallest absolute Gasteiger partial charge is 0.336 e. The van der Waals surface area contributed by atoms with Crippen molar-refractivity contribution in [2.24, 2.45) is 0 Å². The summed E-state index contributed by atoms with van der Waals surface area (Å²) in [6.07, 6.45) is 1.36. The second kappa shape index (κ2) is 4.34. The van der Waals surface area contributed by atoms with Gasteiger partial charge < -0.3 is 20.5 Å². The van der Waals surface area contributed by atoms with E-state index in [0.717, 1.165) is 0 Å². The molecule has 0 radical (unpaired) electrons. The fourth-order valence-electron chi connectivity index (χ4n) is 1.44. The second-order valence-electron chi connectivity index (χ2n) is 3.63. The Labute approximate surface area is 102 Å². The van der Waals surface area contributed by atoms with E-state index < -0.39 is 11.5 Å². The van der Waals surface area contributed by atoms with Crippen molar-refractivity contribution >= 4 is 29.1 Å². The molecule has 1 aromatic rings. The van der Waals surface area contributed by atoms with Crippen LogP contribution >= 0.6 is 11.6 Å². The van der Waals surface area contributed by atoms with Gasteiger partial charge in [0.25, 0.3) is 0 Å². The fourth-order valence-corrected chi connectivity index (χ4v) is 1.57. The van der Waals surface area contributed by atoms with Crippen LogP contribution in [0.3, 0.4) is 0 Å². The third-order valence-electron chi connectivity index (χ3n) is 2.42. The molecule has 1 saturated heterocycles.